The second-order valence-corrected chi connectivity index (χ2v) is 8.22. The topological polar surface area (TPSA) is 59.9 Å². The van der Waals surface area contributed by atoms with Gasteiger partial charge >= 0.3 is 0 Å². The smallest absolute Gasteiger partial charge is 0.264 e. The van der Waals surface area contributed by atoms with Gasteiger partial charge in [0.15, 0.2) is 16.7 Å². The molecule has 1 N–H and O–H groups in total. The molecule has 0 aliphatic carbocycles. The van der Waals surface area contributed by atoms with Gasteiger partial charge in [0.1, 0.15) is 6.61 Å². The Labute approximate surface area is 192 Å². The Balaban J connectivity index is 1.47. The van der Waals surface area contributed by atoms with Crippen LogP contribution in [0.5, 0.6) is 11.5 Å². The van der Waals surface area contributed by atoms with Crippen molar-refractivity contribution in [1.82, 2.24) is 5.32 Å². The minimum absolute atomic E-state index is 0.165. The second-order valence-electron chi connectivity index (χ2n) is 7.19. The number of aryl methyl sites for hydroxylation is 1. The number of aliphatic imine (C=N–C) groups is 1. The maximum Gasteiger partial charge on any atom is 0.264 e. The maximum absolute atomic E-state index is 12.4. The van der Waals surface area contributed by atoms with Crippen LogP contribution < -0.4 is 14.8 Å². The molecular weight excluding hydrogens is 420 g/mol. The van der Waals surface area contributed by atoms with E-state index < -0.39 is 0 Å². The number of carbonyl (C=O) groups is 1. The third-order valence-electron chi connectivity index (χ3n) is 4.95. The number of rotatable bonds is 7. The third-order valence-corrected chi connectivity index (χ3v) is 5.86. The van der Waals surface area contributed by atoms with E-state index in [2.05, 4.69) is 17.2 Å². The number of nitrogens with one attached hydrogen (secondary N) is 1. The van der Waals surface area contributed by atoms with Gasteiger partial charge in [0.2, 0.25) is 0 Å². The summed E-state index contributed by atoms with van der Waals surface area (Å²) < 4.78 is 11.4. The number of hydrogen-bond acceptors (Lipinski definition) is 5. The number of nitrogens with zero attached hydrogens (tertiary/aromatic N) is 1. The third kappa shape index (κ3) is 5.39. The van der Waals surface area contributed by atoms with Crippen LogP contribution >= 0.6 is 11.8 Å². The number of ether oxygens (including phenoxy) is 2. The molecule has 6 heteroatoms. The molecule has 32 heavy (non-hydrogen) atoms. The average molecular weight is 445 g/mol. The van der Waals surface area contributed by atoms with Crippen LogP contribution in [0.1, 0.15) is 23.6 Å². The Bertz CT molecular complexity index is 1160. The van der Waals surface area contributed by atoms with E-state index in [4.69, 9.17) is 9.47 Å². The minimum atomic E-state index is -0.165. The summed E-state index contributed by atoms with van der Waals surface area (Å²) >= 11 is 1.32. The summed E-state index contributed by atoms with van der Waals surface area (Å²) in [7, 11) is 1.60. The van der Waals surface area contributed by atoms with Crippen molar-refractivity contribution in [1.29, 1.82) is 0 Å². The van der Waals surface area contributed by atoms with Gasteiger partial charge in [-0.2, -0.15) is 0 Å². The average Bonchev–Trinajstić information content (AvgIpc) is 3.17. The Hall–Kier alpha value is -3.51. The number of thioether (sulfide) groups is 1. The van der Waals surface area contributed by atoms with Crippen molar-refractivity contribution in [3.63, 3.8) is 0 Å². The molecule has 1 fully saturated rings. The van der Waals surface area contributed by atoms with E-state index in [-0.39, 0.29) is 5.91 Å². The first kappa shape index (κ1) is 21.7. The van der Waals surface area contributed by atoms with E-state index in [1.165, 1.54) is 17.3 Å². The highest BCUT2D eigenvalue weighted by Crippen LogP contribution is 2.32. The molecular formula is C26H24N2O3S. The van der Waals surface area contributed by atoms with Crippen LogP contribution in [0.25, 0.3) is 6.08 Å². The van der Waals surface area contributed by atoms with Gasteiger partial charge in [-0.3, -0.25) is 4.79 Å². The number of amidine groups is 1. The van der Waals surface area contributed by atoms with Gasteiger partial charge in [0.25, 0.3) is 5.91 Å². The monoisotopic (exact) mass is 444 g/mol. The summed E-state index contributed by atoms with van der Waals surface area (Å²) in [6.07, 6.45) is 2.81. The van der Waals surface area contributed by atoms with E-state index >= 15 is 0 Å². The summed E-state index contributed by atoms with van der Waals surface area (Å²) in [4.78, 5) is 17.5. The molecule has 1 amide bonds. The summed E-state index contributed by atoms with van der Waals surface area (Å²) in [6.45, 7) is 2.57. The standard InChI is InChI=1S/C26H24N2O3S/c1-3-18-9-12-21(13-10-18)27-26-28-25(29)24(32-26)16-20-11-14-22(23(15-20)30-2)31-17-19-7-5-4-6-8-19/h4-16H,3,17H2,1-2H3,(H,27,28,29)/b24-16-. The van der Waals surface area contributed by atoms with Crippen molar-refractivity contribution in [3.05, 3.63) is 94.4 Å². The van der Waals surface area contributed by atoms with Crippen molar-refractivity contribution in [2.45, 2.75) is 20.0 Å². The largest absolute Gasteiger partial charge is 0.493 e. The zero-order valence-electron chi connectivity index (χ0n) is 18.0. The lowest BCUT2D eigenvalue weighted by molar-refractivity contribution is -0.115. The van der Waals surface area contributed by atoms with Crippen LogP contribution in [0.4, 0.5) is 5.69 Å². The van der Waals surface area contributed by atoms with E-state index in [1.54, 1.807) is 7.11 Å². The fraction of sp³-hybridized carbons (Fsp3) is 0.154. The van der Waals surface area contributed by atoms with Crippen LogP contribution in [-0.4, -0.2) is 18.2 Å². The molecule has 0 radical (unpaired) electrons. The molecule has 0 aromatic heterocycles. The van der Waals surface area contributed by atoms with E-state index in [9.17, 15) is 4.79 Å². The Morgan fingerprint density at radius 2 is 1.75 bits per heavy atom. The Kier molecular flexibility index (Phi) is 6.92. The van der Waals surface area contributed by atoms with Crippen molar-refractivity contribution < 1.29 is 14.3 Å². The maximum atomic E-state index is 12.4. The molecule has 0 atom stereocenters. The lowest BCUT2D eigenvalue weighted by Crippen LogP contribution is -2.19. The molecule has 3 aromatic carbocycles. The molecule has 1 aliphatic heterocycles. The van der Waals surface area contributed by atoms with Crippen molar-refractivity contribution >= 4 is 34.6 Å². The van der Waals surface area contributed by atoms with Gasteiger partial charge in [-0.05, 0) is 65.2 Å². The molecule has 0 spiro atoms. The highest BCUT2D eigenvalue weighted by Gasteiger charge is 2.24. The molecule has 0 unspecified atom stereocenters. The second kappa shape index (κ2) is 10.2. The number of amides is 1. The summed E-state index contributed by atoms with van der Waals surface area (Å²) in [6, 6.07) is 23.6. The first-order valence-electron chi connectivity index (χ1n) is 10.4. The lowest BCUT2D eigenvalue weighted by atomic mass is 10.2. The van der Waals surface area contributed by atoms with Crippen molar-refractivity contribution in [2.24, 2.45) is 4.99 Å². The van der Waals surface area contributed by atoms with Crippen LogP contribution in [-0.2, 0) is 17.8 Å². The zero-order chi connectivity index (χ0) is 22.3. The summed E-state index contributed by atoms with van der Waals surface area (Å²) in [5, 5.41) is 3.40. The highest BCUT2D eigenvalue weighted by molar-refractivity contribution is 8.18. The predicted octanol–water partition coefficient (Wildman–Crippen LogP) is 5.73. The van der Waals surface area contributed by atoms with Gasteiger partial charge in [-0.1, -0.05) is 55.5 Å². The predicted molar refractivity (Wildman–Crippen MR) is 130 cm³/mol. The first-order chi connectivity index (χ1) is 15.6. The number of hydrogen-bond donors (Lipinski definition) is 1. The van der Waals surface area contributed by atoms with Crippen LogP contribution in [0.3, 0.4) is 0 Å². The number of methoxy groups -OCH3 is 1. The lowest BCUT2D eigenvalue weighted by Gasteiger charge is -2.11. The first-order valence-corrected chi connectivity index (χ1v) is 11.2. The van der Waals surface area contributed by atoms with Gasteiger partial charge in [0.05, 0.1) is 17.7 Å². The van der Waals surface area contributed by atoms with Crippen molar-refractivity contribution in [3.8, 4) is 11.5 Å². The van der Waals surface area contributed by atoms with Gasteiger partial charge in [-0.25, -0.2) is 4.99 Å². The quantitative estimate of drug-likeness (QED) is 0.473. The molecule has 0 bridgehead atoms. The normalized spacial score (nSPS) is 15.8. The number of benzene rings is 3. The van der Waals surface area contributed by atoms with Crippen LogP contribution in [0, 0.1) is 0 Å². The minimum Gasteiger partial charge on any atom is -0.493 e. The van der Waals surface area contributed by atoms with Gasteiger partial charge < -0.3 is 14.8 Å². The van der Waals surface area contributed by atoms with Gasteiger partial charge in [-0.15, -0.1) is 0 Å². The van der Waals surface area contributed by atoms with Crippen LogP contribution in [0.15, 0.2) is 82.7 Å². The highest BCUT2D eigenvalue weighted by atomic mass is 32.2. The van der Waals surface area contributed by atoms with Crippen LogP contribution in [0.2, 0.25) is 0 Å². The molecule has 1 heterocycles. The van der Waals surface area contributed by atoms with E-state index in [0.717, 1.165) is 23.2 Å². The summed E-state index contributed by atoms with van der Waals surface area (Å²) in [5.74, 6) is 1.10. The SMILES string of the molecule is CCc1ccc(N=C2NC(=O)/C(=C/c3ccc(OCc4ccccc4)c(OC)c3)S2)cc1. The number of carbonyl (C=O) groups excluding carboxylic acids is 1. The Morgan fingerprint density at radius 1 is 0.969 bits per heavy atom. The molecule has 4 rings (SSSR count). The molecule has 1 saturated heterocycles. The fourth-order valence-electron chi connectivity index (χ4n) is 3.18. The molecule has 162 valence electrons. The fourth-order valence-corrected chi connectivity index (χ4v) is 4.03. The van der Waals surface area contributed by atoms with E-state index in [0.29, 0.717) is 28.2 Å². The molecule has 5 nitrogen and oxygen atoms in total. The molecule has 3 aromatic rings. The van der Waals surface area contributed by atoms with Gasteiger partial charge in [0, 0.05) is 0 Å². The van der Waals surface area contributed by atoms with Crippen molar-refractivity contribution in [2.75, 3.05) is 7.11 Å². The Morgan fingerprint density at radius 3 is 2.47 bits per heavy atom. The summed E-state index contributed by atoms with van der Waals surface area (Å²) in [5.41, 5.74) is 3.99. The molecule has 0 saturated carbocycles. The zero-order valence-corrected chi connectivity index (χ0v) is 18.8. The van der Waals surface area contributed by atoms with E-state index in [1.807, 2.05) is 78.9 Å². The molecule has 1 aliphatic rings.